The van der Waals surface area contributed by atoms with Crippen LogP contribution in [0.15, 0.2) is 46.1 Å². The van der Waals surface area contributed by atoms with Gasteiger partial charge >= 0.3 is 11.9 Å². The van der Waals surface area contributed by atoms with E-state index >= 15 is 0 Å². The molecule has 1 heterocycles. The van der Waals surface area contributed by atoms with Gasteiger partial charge in [0.1, 0.15) is 0 Å². The Balaban J connectivity index is 2.73. The highest BCUT2D eigenvalue weighted by Crippen LogP contribution is 2.42. The van der Waals surface area contributed by atoms with E-state index in [1.54, 1.807) is 26.8 Å². The second-order valence-corrected chi connectivity index (χ2v) is 7.37. The van der Waals surface area contributed by atoms with E-state index in [2.05, 4.69) is 5.32 Å². The number of nitro benzene ring substituents is 1. The molecule has 0 aromatic heterocycles. The average molecular weight is 436 g/mol. The molecule has 1 aromatic rings. The Kier molecular flexibility index (Phi) is 8.43. The van der Waals surface area contributed by atoms with Gasteiger partial charge < -0.3 is 20.5 Å². The second-order valence-electron chi connectivity index (χ2n) is 6.27. The number of nitrogens with zero attached hydrogens (tertiary/aromatic N) is 1. The molecule has 0 radical (unpaired) electrons. The number of esters is 2. The molecule has 0 fully saturated rings. The number of carbonyl (C=O) groups is 2. The maximum Gasteiger partial charge on any atom is 0.337 e. The molecule has 1 aromatic carbocycles. The number of thioether (sulfide) groups is 1. The molecule has 1 aliphatic rings. The lowest BCUT2D eigenvalue weighted by Gasteiger charge is -2.31. The van der Waals surface area contributed by atoms with Gasteiger partial charge in [0.2, 0.25) is 0 Å². The topological polar surface area (TPSA) is 134 Å². The molecule has 0 saturated heterocycles. The van der Waals surface area contributed by atoms with E-state index in [0.717, 1.165) is 0 Å². The van der Waals surface area contributed by atoms with Crippen molar-refractivity contribution in [3.05, 3.63) is 61.8 Å². The first-order valence-corrected chi connectivity index (χ1v) is 10.5. The minimum atomic E-state index is -0.885. The SMILES string of the molecule is CCOC(=O)C1=C(C)NC(SCCN)=C(C(=O)OCC)C1c1cccc([N+](=O)[O-])c1. The van der Waals surface area contributed by atoms with Crippen LogP contribution in [0.25, 0.3) is 0 Å². The standard InChI is InChI=1S/C20H25N3O6S/c1-4-28-19(24)15-12(3)22-18(30-10-9-21)17(20(25)29-5-2)16(15)13-7-6-8-14(11-13)23(26)27/h6-8,11,16,22H,4-5,9-10,21H2,1-3H3. The van der Waals surface area contributed by atoms with Crippen LogP contribution >= 0.6 is 11.8 Å². The smallest absolute Gasteiger partial charge is 0.337 e. The number of benzene rings is 1. The molecule has 9 nitrogen and oxygen atoms in total. The Labute approximate surface area is 178 Å². The third kappa shape index (κ3) is 5.19. The monoisotopic (exact) mass is 435 g/mol. The third-order valence-electron chi connectivity index (χ3n) is 4.30. The van der Waals surface area contributed by atoms with Crippen molar-refractivity contribution in [1.29, 1.82) is 0 Å². The molecule has 162 valence electrons. The zero-order chi connectivity index (χ0) is 22.3. The van der Waals surface area contributed by atoms with Crippen molar-refractivity contribution in [3.8, 4) is 0 Å². The van der Waals surface area contributed by atoms with E-state index < -0.39 is 22.8 Å². The van der Waals surface area contributed by atoms with Gasteiger partial charge in [0.25, 0.3) is 5.69 Å². The van der Waals surface area contributed by atoms with Gasteiger partial charge in [0.05, 0.1) is 40.2 Å². The lowest BCUT2D eigenvalue weighted by Crippen LogP contribution is -2.33. The van der Waals surface area contributed by atoms with E-state index in [0.29, 0.717) is 28.6 Å². The number of rotatable bonds is 9. The summed E-state index contributed by atoms with van der Waals surface area (Å²) in [6.07, 6.45) is 0. The molecule has 0 aliphatic carbocycles. The van der Waals surface area contributed by atoms with Crippen molar-refractivity contribution in [1.82, 2.24) is 5.32 Å². The normalized spacial score (nSPS) is 16.2. The van der Waals surface area contributed by atoms with Crippen molar-refractivity contribution >= 4 is 29.4 Å². The molecule has 2 rings (SSSR count). The van der Waals surface area contributed by atoms with Crippen LogP contribution in [0.1, 0.15) is 32.3 Å². The van der Waals surface area contributed by atoms with Crippen LogP contribution in [0.5, 0.6) is 0 Å². The minimum absolute atomic E-state index is 0.135. The van der Waals surface area contributed by atoms with Crippen LogP contribution < -0.4 is 11.1 Å². The largest absolute Gasteiger partial charge is 0.463 e. The Morgan fingerprint density at radius 2 is 1.83 bits per heavy atom. The number of ether oxygens (including phenoxy) is 2. The van der Waals surface area contributed by atoms with E-state index in [4.69, 9.17) is 15.2 Å². The number of allylic oxidation sites excluding steroid dienone is 1. The Bertz CT molecular complexity index is 896. The molecule has 3 N–H and O–H groups in total. The predicted molar refractivity (Wildman–Crippen MR) is 113 cm³/mol. The molecule has 0 saturated carbocycles. The van der Waals surface area contributed by atoms with E-state index in [1.807, 2.05) is 0 Å². The Morgan fingerprint density at radius 3 is 2.40 bits per heavy atom. The maximum atomic E-state index is 12.9. The number of nitrogens with one attached hydrogen (secondary N) is 1. The van der Waals surface area contributed by atoms with Crippen LogP contribution in [0.4, 0.5) is 5.69 Å². The van der Waals surface area contributed by atoms with Crippen molar-refractivity contribution in [3.63, 3.8) is 0 Å². The summed E-state index contributed by atoms with van der Waals surface area (Å²) < 4.78 is 10.5. The zero-order valence-corrected chi connectivity index (χ0v) is 17.9. The molecule has 0 amide bonds. The van der Waals surface area contributed by atoms with Gasteiger partial charge in [-0.25, -0.2) is 9.59 Å². The van der Waals surface area contributed by atoms with E-state index in [-0.39, 0.29) is 30.0 Å². The molecular formula is C20H25N3O6S. The van der Waals surface area contributed by atoms with Crippen LogP contribution in [0, 0.1) is 10.1 Å². The van der Waals surface area contributed by atoms with Gasteiger partial charge in [0, 0.05) is 30.1 Å². The van der Waals surface area contributed by atoms with Gasteiger partial charge in [-0.1, -0.05) is 12.1 Å². The van der Waals surface area contributed by atoms with Gasteiger partial charge in [-0.15, -0.1) is 11.8 Å². The first-order chi connectivity index (χ1) is 14.3. The summed E-state index contributed by atoms with van der Waals surface area (Å²) in [6.45, 7) is 5.71. The zero-order valence-electron chi connectivity index (χ0n) is 17.1. The summed E-state index contributed by atoms with van der Waals surface area (Å²) >= 11 is 1.32. The number of hydrogen-bond donors (Lipinski definition) is 2. The molecule has 30 heavy (non-hydrogen) atoms. The highest BCUT2D eigenvalue weighted by atomic mass is 32.2. The summed E-state index contributed by atoms with van der Waals surface area (Å²) in [5, 5.41) is 14.9. The minimum Gasteiger partial charge on any atom is -0.463 e. The highest BCUT2D eigenvalue weighted by molar-refractivity contribution is 8.03. The first-order valence-electron chi connectivity index (χ1n) is 9.49. The predicted octanol–water partition coefficient (Wildman–Crippen LogP) is 2.59. The summed E-state index contributed by atoms with van der Waals surface area (Å²) in [7, 11) is 0. The lowest BCUT2D eigenvalue weighted by molar-refractivity contribution is -0.384. The fourth-order valence-corrected chi connectivity index (χ4v) is 4.03. The van der Waals surface area contributed by atoms with Crippen LogP contribution in [-0.4, -0.2) is 42.4 Å². The van der Waals surface area contributed by atoms with Gasteiger partial charge in [-0.3, -0.25) is 10.1 Å². The van der Waals surface area contributed by atoms with Crippen molar-refractivity contribution < 1.29 is 24.0 Å². The molecule has 1 aliphatic heterocycles. The number of nitro groups is 1. The van der Waals surface area contributed by atoms with Crippen molar-refractivity contribution in [2.24, 2.45) is 5.73 Å². The molecule has 0 bridgehead atoms. The maximum absolute atomic E-state index is 12.9. The lowest BCUT2D eigenvalue weighted by atomic mass is 9.82. The average Bonchev–Trinajstić information content (AvgIpc) is 2.71. The summed E-state index contributed by atoms with van der Waals surface area (Å²) in [6, 6.07) is 5.86. The third-order valence-corrected chi connectivity index (χ3v) is 5.35. The number of dihydropyridines is 1. The number of hydrogen-bond acceptors (Lipinski definition) is 9. The Morgan fingerprint density at radius 1 is 1.20 bits per heavy atom. The molecule has 10 heteroatoms. The highest BCUT2D eigenvalue weighted by Gasteiger charge is 2.39. The van der Waals surface area contributed by atoms with E-state index in [9.17, 15) is 19.7 Å². The molecule has 0 spiro atoms. The number of carbonyl (C=O) groups excluding carboxylic acids is 2. The van der Waals surface area contributed by atoms with Crippen LogP contribution in [-0.2, 0) is 19.1 Å². The van der Waals surface area contributed by atoms with Crippen LogP contribution in [0.3, 0.4) is 0 Å². The number of non-ortho nitro benzene ring substituents is 1. The molecular weight excluding hydrogens is 410 g/mol. The summed E-state index contributed by atoms with van der Waals surface area (Å²) in [5.74, 6) is -1.59. The van der Waals surface area contributed by atoms with Gasteiger partial charge in [-0.2, -0.15) is 0 Å². The fraction of sp³-hybridized carbons (Fsp3) is 0.400. The second kappa shape index (κ2) is 10.8. The molecule has 1 atom stereocenters. The van der Waals surface area contributed by atoms with E-state index in [1.165, 1.54) is 30.0 Å². The molecule has 1 unspecified atom stereocenters. The van der Waals surface area contributed by atoms with Gasteiger partial charge in [0.15, 0.2) is 0 Å². The fourth-order valence-electron chi connectivity index (χ4n) is 3.12. The quantitative estimate of drug-likeness (QED) is 0.341. The van der Waals surface area contributed by atoms with Crippen LogP contribution in [0.2, 0.25) is 0 Å². The van der Waals surface area contributed by atoms with Crippen molar-refractivity contribution in [2.45, 2.75) is 26.7 Å². The van der Waals surface area contributed by atoms with Crippen molar-refractivity contribution in [2.75, 3.05) is 25.5 Å². The van der Waals surface area contributed by atoms with Gasteiger partial charge in [-0.05, 0) is 26.3 Å². The first kappa shape index (κ1) is 23.4. The summed E-state index contributed by atoms with van der Waals surface area (Å²) in [5.41, 5.74) is 6.80. The Hall–Kier alpha value is -2.85. The number of nitrogens with two attached hydrogens (primary N) is 1. The summed E-state index contributed by atoms with van der Waals surface area (Å²) in [4.78, 5) is 36.5.